The van der Waals surface area contributed by atoms with Gasteiger partial charge in [0.05, 0.1) is 0 Å². The molecule has 0 spiro atoms. The number of amides is 1. The van der Waals surface area contributed by atoms with Crippen molar-refractivity contribution in [3.05, 3.63) is 53.9 Å². The summed E-state index contributed by atoms with van der Waals surface area (Å²) >= 11 is 1.14. The van der Waals surface area contributed by atoms with Crippen molar-refractivity contribution in [3.63, 3.8) is 0 Å². The Labute approximate surface area is 172 Å². The molecule has 1 aliphatic heterocycles. The molecule has 0 atom stereocenters. The van der Waals surface area contributed by atoms with Crippen LogP contribution < -0.4 is 9.62 Å². The molecular formula is C18H20N6O3S2. The van der Waals surface area contributed by atoms with E-state index in [-0.39, 0.29) is 15.9 Å². The average Bonchev–Trinajstić information content (AvgIpc) is 3.40. The molecule has 1 aliphatic rings. The summed E-state index contributed by atoms with van der Waals surface area (Å²) in [6.45, 7) is 2.08. The van der Waals surface area contributed by atoms with Crippen molar-refractivity contribution in [3.8, 4) is 0 Å². The van der Waals surface area contributed by atoms with Crippen LogP contribution in [0.1, 0.15) is 10.5 Å². The van der Waals surface area contributed by atoms with Gasteiger partial charge in [-0.25, -0.2) is 18.4 Å². The van der Waals surface area contributed by atoms with Crippen molar-refractivity contribution in [1.82, 2.24) is 19.4 Å². The van der Waals surface area contributed by atoms with E-state index in [1.54, 1.807) is 27.0 Å². The normalized spacial score (nSPS) is 14.8. The molecule has 0 aliphatic carbocycles. The van der Waals surface area contributed by atoms with Gasteiger partial charge in [-0.15, -0.1) is 11.3 Å². The molecule has 0 saturated carbocycles. The largest absolute Gasteiger partial charge is 0.350 e. The highest BCUT2D eigenvalue weighted by atomic mass is 32.2. The van der Waals surface area contributed by atoms with E-state index in [1.807, 2.05) is 24.2 Å². The van der Waals surface area contributed by atoms with Crippen molar-refractivity contribution in [1.29, 1.82) is 0 Å². The van der Waals surface area contributed by atoms with E-state index < -0.39 is 10.0 Å². The van der Waals surface area contributed by atoms with Gasteiger partial charge in [-0.05, 0) is 23.6 Å². The highest BCUT2D eigenvalue weighted by Crippen LogP contribution is 2.26. The molecule has 4 heterocycles. The molecule has 3 aromatic rings. The van der Waals surface area contributed by atoms with E-state index in [0.717, 1.165) is 11.3 Å². The van der Waals surface area contributed by atoms with Crippen LogP contribution in [0.3, 0.4) is 0 Å². The number of nitrogens with one attached hydrogen (secondary N) is 1. The summed E-state index contributed by atoms with van der Waals surface area (Å²) in [6.07, 6.45) is 4.82. The van der Waals surface area contributed by atoms with Crippen LogP contribution in [-0.4, -0.2) is 59.9 Å². The van der Waals surface area contributed by atoms with Crippen LogP contribution in [-0.2, 0) is 17.1 Å². The van der Waals surface area contributed by atoms with E-state index in [0.29, 0.717) is 37.7 Å². The van der Waals surface area contributed by atoms with Crippen molar-refractivity contribution in [2.24, 2.45) is 7.05 Å². The molecular weight excluding hydrogens is 412 g/mol. The van der Waals surface area contributed by atoms with Gasteiger partial charge in [-0.2, -0.15) is 0 Å². The fourth-order valence-electron chi connectivity index (χ4n) is 3.19. The van der Waals surface area contributed by atoms with Crippen molar-refractivity contribution < 1.29 is 13.2 Å². The Morgan fingerprint density at radius 1 is 1.10 bits per heavy atom. The third-order valence-electron chi connectivity index (χ3n) is 4.70. The van der Waals surface area contributed by atoms with Crippen LogP contribution in [0.5, 0.6) is 0 Å². The van der Waals surface area contributed by atoms with E-state index in [9.17, 15) is 13.2 Å². The van der Waals surface area contributed by atoms with E-state index in [4.69, 9.17) is 0 Å². The zero-order chi connectivity index (χ0) is 20.4. The molecule has 0 radical (unpaired) electrons. The Kier molecular flexibility index (Phi) is 5.24. The standard InChI is InChI=1S/C18H20N6O3S2/c1-22-8-2-4-14(22)18(25)24-11-9-23(10-12-24)17-16(19-6-7-20-17)21-29(26,27)15-5-3-13-28-15/h2-8,13H,9-12H2,1H3,(H,19,21). The molecule has 152 valence electrons. The number of nitrogens with zero attached hydrogens (tertiary/aromatic N) is 5. The second-order valence-corrected chi connectivity index (χ2v) is 9.41. The third-order valence-corrected chi connectivity index (χ3v) is 7.44. The minimum Gasteiger partial charge on any atom is -0.350 e. The average molecular weight is 433 g/mol. The number of piperazine rings is 1. The summed E-state index contributed by atoms with van der Waals surface area (Å²) in [5.74, 6) is 0.622. The number of aryl methyl sites for hydroxylation is 1. The molecule has 1 amide bonds. The van der Waals surface area contributed by atoms with Crippen LogP contribution in [0, 0.1) is 0 Å². The maximum atomic E-state index is 12.7. The van der Waals surface area contributed by atoms with E-state index >= 15 is 0 Å². The zero-order valence-corrected chi connectivity index (χ0v) is 17.4. The van der Waals surface area contributed by atoms with Gasteiger partial charge in [0.25, 0.3) is 15.9 Å². The molecule has 11 heteroatoms. The smallest absolute Gasteiger partial charge is 0.272 e. The lowest BCUT2D eigenvalue weighted by Crippen LogP contribution is -2.49. The summed E-state index contributed by atoms with van der Waals surface area (Å²) in [6, 6.07) is 6.86. The second-order valence-electron chi connectivity index (χ2n) is 6.55. The molecule has 9 nitrogen and oxygen atoms in total. The van der Waals surface area contributed by atoms with Crippen LogP contribution in [0.15, 0.2) is 52.4 Å². The lowest BCUT2D eigenvalue weighted by molar-refractivity contribution is 0.0737. The first-order valence-corrected chi connectivity index (χ1v) is 11.3. The van der Waals surface area contributed by atoms with Crippen molar-refractivity contribution in [2.45, 2.75) is 4.21 Å². The maximum Gasteiger partial charge on any atom is 0.272 e. The number of rotatable bonds is 5. The number of thiophene rings is 1. The van der Waals surface area contributed by atoms with Gasteiger partial charge >= 0.3 is 0 Å². The number of carbonyl (C=O) groups is 1. The molecule has 1 N–H and O–H groups in total. The molecule has 0 unspecified atom stereocenters. The first-order chi connectivity index (χ1) is 14.0. The summed E-state index contributed by atoms with van der Waals surface area (Å²) in [7, 11) is -1.88. The van der Waals surface area contributed by atoms with Gasteiger partial charge in [0, 0.05) is 51.8 Å². The number of hydrogen-bond donors (Lipinski definition) is 1. The molecule has 29 heavy (non-hydrogen) atoms. The molecule has 1 saturated heterocycles. The van der Waals surface area contributed by atoms with Gasteiger partial charge in [-0.1, -0.05) is 6.07 Å². The third kappa shape index (κ3) is 3.96. The monoisotopic (exact) mass is 432 g/mol. The van der Waals surface area contributed by atoms with Gasteiger partial charge in [0.15, 0.2) is 11.6 Å². The van der Waals surface area contributed by atoms with Gasteiger partial charge in [0.1, 0.15) is 9.90 Å². The Morgan fingerprint density at radius 3 is 2.52 bits per heavy atom. The Balaban J connectivity index is 1.48. The van der Waals surface area contributed by atoms with Gasteiger partial charge in [0.2, 0.25) is 0 Å². The number of anilines is 2. The van der Waals surface area contributed by atoms with E-state index in [2.05, 4.69) is 14.7 Å². The topological polar surface area (TPSA) is 100 Å². The fraction of sp³-hybridized carbons (Fsp3) is 0.278. The van der Waals surface area contributed by atoms with E-state index in [1.165, 1.54) is 18.5 Å². The van der Waals surface area contributed by atoms with Crippen LogP contribution in [0.4, 0.5) is 11.6 Å². The van der Waals surface area contributed by atoms with Crippen molar-refractivity contribution >= 4 is 38.9 Å². The van der Waals surface area contributed by atoms with Crippen LogP contribution in [0.25, 0.3) is 0 Å². The molecule has 1 fully saturated rings. The molecule has 0 aromatic carbocycles. The molecule has 0 bridgehead atoms. The first-order valence-electron chi connectivity index (χ1n) is 8.98. The fourth-order valence-corrected chi connectivity index (χ4v) is 5.20. The second kappa shape index (κ2) is 7.84. The van der Waals surface area contributed by atoms with Gasteiger partial charge in [-0.3, -0.25) is 9.52 Å². The lowest BCUT2D eigenvalue weighted by atomic mass is 10.2. The number of aromatic nitrogens is 3. The number of sulfonamides is 1. The van der Waals surface area contributed by atoms with Crippen molar-refractivity contribution in [2.75, 3.05) is 35.8 Å². The predicted molar refractivity (Wildman–Crippen MR) is 111 cm³/mol. The minimum atomic E-state index is -3.72. The maximum absolute atomic E-state index is 12.7. The lowest BCUT2D eigenvalue weighted by Gasteiger charge is -2.35. The highest BCUT2D eigenvalue weighted by Gasteiger charge is 2.27. The number of carbonyl (C=O) groups excluding carboxylic acids is 1. The minimum absolute atomic E-state index is 0.0186. The summed E-state index contributed by atoms with van der Waals surface area (Å²) in [5, 5.41) is 1.70. The summed E-state index contributed by atoms with van der Waals surface area (Å²) in [5.41, 5.74) is 0.641. The van der Waals surface area contributed by atoms with Crippen LogP contribution in [0.2, 0.25) is 0 Å². The summed E-state index contributed by atoms with van der Waals surface area (Å²) in [4.78, 5) is 24.9. The Hall–Kier alpha value is -2.92. The zero-order valence-electron chi connectivity index (χ0n) is 15.7. The molecule has 4 rings (SSSR count). The predicted octanol–water partition coefficient (Wildman–Crippen LogP) is 1.64. The first kappa shape index (κ1) is 19.4. The summed E-state index contributed by atoms with van der Waals surface area (Å²) < 4.78 is 29.7. The number of hydrogen-bond acceptors (Lipinski definition) is 7. The molecule has 3 aromatic heterocycles. The highest BCUT2D eigenvalue weighted by molar-refractivity contribution is 7.94. The SMILES string of the molecule is Cn1cccc1C(=O)N1CCN(c2nccnc2NS(=O)(=O)c2cccs2)CC1. The quantitative estimate of drug-likeness (QED) is 0.658. The van der Waals surface area contributed by atoms with Gasteiger partial charge < -0.3 is 14.4 Å². The van der Waals surface area contributed by atoms with Crippen LogP contribution >= 0.6 is 11.3 Å². The Bertz CT molecular complexity index is 1100. The Morgan fingerprint density at radius 2 is 1.86 bits per heavy atom.